The topological polar surface area (TPSA) is 158 Å². The van der Waals surface area contributed by atoms with Crippen molar-refractivity contribution in [2.24, 2.45) is 11.5 Å². The molecule has 0 spiro atoms. The maximum atomic E-state index is 12.5. The van der Waals surface area contributed by atoms with E-state index < -0.39 is 12.0 Å². The highest BCUT2D eigenvalue weighted by Gasteiger charge is 2.39. The fourth-order valence-corrected chi connectivity index (χ4v) is 4.06. The molecule has 2 heterocycles. The molecule has 3 rings (SSSR count). The molecule has 11 heteroatoms. The summed E-state index contributed by atoms with van der Waals surface area (Å²) in [5, 5.41) is 16.5. The van der Waals surface area contributed by atoms with Crippen LogP contribution in [0.2, 0.25) is 0 Å². The summed E-state index contributed by atoms with van der Waals surface area (Å²) in [6, 6.07) is 6.11. The van der Waals surface area contributed by atoms with Gasteiger partial charge in [0.25, 0.3) is 0 Å². The Hall–Kier alpha value is -3.05. The largest absolute Gasteiger partial charge is 0.490 e. The minimum atomic E-state index is -1.04. The third kappa shape index (κ3) is 5.80. The number of hydrogen-bond donors (Lipinski definition) is 4. The first-order valence-corrected chi connectivity index (χ1v) is 10.8. The molecule has 0 saturated carbocycles. The van der Waals surface area contributed by atoms with Gasteiger partial charge in [-0.3, -0.25) is 20.0 Å². The normalized spacial score (nSPS) is 21.2. The molecule has 2 aliphatic rings. The van der Waals surface area contributed by atoms with Crippen molar-refractivity contribution in [3.63, 3.8) is 0 Å². The van der Waals surface area contributed by atoms with Crippen LogP contribution in [0.4, 0.5) is 4.79 Å². The van der Waals surface area contributed by atoms with E-state index in [0.29, 0.717) is 25.4 Å². The molecule has 0 aromatic heterocycles. The van der Waals surface area contributed by atoms with E-state index in [1.807, 2.05) is 11.8 Å². The molecule has 0 aliphatic carbocycles. The molecule has 1 aromatic rings. The standard InChI is InChI=1S/C21H32N6O5/c1-2-18(25-7-9-26(10-8-25)20(23)24)27-12-16(32-21(27)30)13-31-15-5-3-14(4-6-15)11-17(22)19(28)29/h3-6,16-18H,2,7-13,22H2,1H3,(H3,23,24)(H,28,29). The quantitative estimate of drug-likeness (QED) is 0.303. The number of cyclic esters (lactones) is 1. The average Bonchev–Trinajstić information content (AvgIpc) is 3.14. The van der Waals surface area contributed by atoms with Crippen molar-refractivity contribution < 1.29 is 24.2 Å². The Labute approximate surface area is 187 Å². The van der Waals surface area contributed by atoms with Gasteiger partial charge in [-0.25, -0.2) is 4.79 Å². The van der Waals surface area contributed by atoms with E-state index in [4.69, 9.17) is 31.5 Å². The number of rotatable bonds is 9. The van der Waals surface area contributed by atoms with Crippen LogP contribution in [0.25, 0.3) is 0 Å². The molecule has 6 N–H and O–H groups in total. The van der Waals surface area contributed by atoms with Crippen molar-refractivity contribution >= 4 is 18.0 Å². The fraction of sp³-hybridized carbons (Fsp3) is 0.571. The van der Waals surface area contributed by atoms with Crippen LogP contribution in [-0.4, -0.2) is 95.5 Å². The molecule has 32 heavy (non-hydrogen) atoms. The Kier molecular flexibility index (Phi) is 7.75. The molecule has 3 unspecified atom stereocenters. The molecule has 2 aliphatic heterocycles. The Bertz CT molecular complexity index is 811. The van der Waals surface area contributed by atoms with Gasteiger partial charge in [-0.15, -0.1) is 0 Å². The molecule has 2 fully saturated rings. The minimum Gasteiger partial charge on any atom is -0.490 e. The number of ether oxygens (including phenoxy) is 2. The first kappa shape index (κ1) is 23.6. The van der Waals surface area contributed by atoms with Gasteiger partial charge >= 0.3 is 12.1 Å². The van der Waals surface area contributed by atoms with Crippen LogP contribution in [0.15, 0.2) is 24.3 Å². The van der Waals surface area contributed by atoms with Crippen LogP contribution >= 0.6 is 0 Å². The first-order chi connectivity index (χ1) is 15.3. The molecule has 0 radical (unpaired) electrons. The van der Waals surface area contributed by atoms with Gasteiger partial charge < -0.3 is 30.9 Å². The molecule has 176 valence electrons. The molecule has 1 amide bonds. The Morgan fingerprint density at radius 2 is 1.94 bits per heavy atom. The van der Waals surface area contributed by atoms with Gasteiger partial charge in [0.1, 0.15) is 18.4 Å². The zero-order chi connectivity index (χ0) is 23.3. The molecule has 1 aromatic carbocycles. The van der Waals surface area contributed by atoms with E-state index in [9.17, 15) is 9.59 Å². The number of benzene rings is 1. The van der Waals surface area contributed by atoms with Gasteiger partial charge in [0, 0.05) is 26.2 Å². The lowest BCUT2D eigenvalue weighted by atomic mass is 10.1. The monoisotopic (exact) mass is 448 g/mol. The van der Waals surface area contributed by atoms with E-state index >= 15 is 0 Å². The zero-order valence-electron chi connectivity index (χ0n) is 18.3. The second-order valence-corrected chi connectivity index (χ2v) is 8.06. The lowest BCUT2D eigenvalue weighted by Gasteiger charge is -2.41. The van der Waals surface area contributed by atoms with Crippen LogP contribution in [0.5, 0.6) is 5.75 Å². The van der Waals surface area contributed by atoms with Crippen molar-refractivity contribution in [1.82, 2.24) is 14.7 Å². The van der Waals surface area contributed by atoms with Crippen molar-refractivity contribution in [3.8, 4) is 5.75 Å². The number of piperazine rings is 1. The highest BCUT2D eigenvalue weighted by Crippen LogP contribution is 2.22. The number of amides is 1. The number of nitrogens with two attached hydrogens (primary N) is 2. The highest BCUT2D eigenvalue weighted by atomic mass is 16.6. The van der Waals surface area contributed by atoms with E-state index in [0.717, 1.165) is 25.1 Å². The van der Waals surface area contributed by atoms with Crippen LogP contribution in [0.1, 0.15) is 18.9 Å². The maximum Gasteiger partial charge on any atom is 0.411 e. The number of carboxylic acid groups (broad SMARTS) is 1. The van der Waals surface area contributed by atoms with Crippen LogP contribution in [-0.2, 0) is 16.0 Å². The average molecular weight is 449 g/mol. The van der Waals surface area contributed by atoms with Crippen LogP contribution in [0.3, 0.4) is 0 Å². The van der Waals surface area contributed by atoms with Gasteiger partial charge in [-0.05, 0) is 30.5 Å². The SMILES string of the molecule is CCC(N1CCN(C(=N)N)CC1)N1CC(COc2ccc(CC(N)C(=O)O)cc2)OC1=O. The van der Waals surface area contributed by atoms with Gasteiger partial charge in [-0.1, -0.05) is 19.1 Å². The molecule has 0 bridgehead atoms. The maximum absolute atomic E-state index is 12.5. The zero-order valence-corrected chi connectivity index (χ0v) is 18.3. The summed E-state index contributed by atoms with van der Waals surface area (Å²) in [4.78, 5) is 29.2. The summed E-state index contributed by atoms with van der Waals surface area (Å²) in [6.07, 6.45) is 0.207. The van der Waals surface area contributed by atoms with E-state index in [2.05, 4.69) is 4.90 Å². The van der Waals surface area contributed by atoms with Gasteiger partial charge in [0.2, 0.25) is 0 Å². The number of carboxylic acids is 1. The van der Waals surface area contributed by atoms with Crippen molar-refractivity contribution in [2.45, 2.75) is 38.1 Å². The first-order valence-electron chi connectivity index (χ1n) is 10.8. The second-order valence-electron chi connectivity index (χ2n) is 8.06. The lowest BCUT2D eigenvalue weighted by Crippen LogP contribution is -2.57. The summed E-state index contributed by atoms with van der Waals surface area (Å²) >= 11 is 0. The molecule has 3 atom stereocenters. The molecule has 2 saturated heterocycles. The van der Waals surface area contributed by atoms with Crippen molar-refractivity contribution in [1.29, 1.82) is 5.41 Å². The third-order valence-electron chi connectivity index (χ3n) is 5.84. The van der Waals surface area contributed by atoms with Gasteiger partial charge in [0.15, 0.2) is 12.1 Å². The molecular formula is C21H32N6O5. The van der Waals surface area contributed by atoms with Crippen LogP contribution < -0.4 is 16.2 Å². The summed E-state index contributed by atoms with van der Waals surface area (Å²) in [5.74, 6) is -0.350. The highest BCUT2D eigenvalue weighted by molar-refractivity contribution is 5.74. The lowest BCUT2D eigenvalue weighted by molar-refractivity contribution is -0.138. The summed E-state index contributed by atoms with van der Waals surface area (Å²) in [6.45, 7) is 5.47. The number of aliphatic carboxylic acids is 1. The van der Waals surface area contributed by atoms with Gasteiger partial charge in [-0.2, -0.15) is 0 Å². The Morgan fingerprint density at radius 1 is 1.28 bits per heavy atom. The predicted octanol–water partition coefficient (Wildman–Crippen LogP) is 0.0878. The Morgan fingerprint density at radius 3 is 2.50 bits per heavy atom. The number of carbonyl (C=O) groups is 2. The number of carbonyl (C=O) groups excluding carboxylic acids is 1. The number of nitrogens with one attached hydrogen (secondary N) is 1. The second kappa shape index (κ2) is 10.5. The fourth-order valence-electron chi connectivity index (χ4n) is 4.06. The van der Waals surface area contributed by atoms with E-state index in [-0.39, 0.29) is 37.4 Å². The summed E-state index contributed by atoms with van der Waals surface area (Å²) in [7, 11) is 0. The van der Waals surface area contributed by atoms with Crippen LogP contribution in [0, 0.1) is 5.41 Å². The number of nitrogens with zero attached hydrogens (tertiary/aromatic N) is 3. The molecule has 11 nitrogen and oxygen atoms in total. The predicted molar refractivity (Wildman–Crippen MR) is 117 cm³/mol. The summed E-state index contributed by atoms with van der Waals surface area (Å²) in [5.41, 5.74) is 11.9. The summed E-state index contributed by atoms with van der Waals surface area (Å²) < 4.78 is 11.3. The van der Waals surface area contributed by atoms with Gasteiger partial charge in [0.05, 0.1) is 12.7 Å². The molecular weight excluding hydrogens is 416 g/mol. The van der Waals surface area contributed by atoms with E-state index in [1.54, 1.807) is 29.2 Å². The van der Waals surface area contributed by atoms with Crippen molar-refractivity contribution in [3.05, 3.63) is 29.8 Å². The third-order valence-corrected chi connectivity index (χ3v) is 5.84. The minimum absolute atomic E-state index is 0.0701. The van der Waals surface area contributed by atoms with E-state index in [1.165, 1.54) is 0 Å². The number of hydrogen-bond acceptors (Lipinski definition) is 7. The Balaban J connectivity index is 1.50. The smallest absolute Gasteiger partial charge is 0.411 e. The number of guanidine groups is 1. The van der Waals surface area contributed by atoms with Crippen molar-refractivity contribution in [2.75, 3.05) is 39.3 Å².